The van der Waals surface area contributed by atoms with E-state index < -0.39 is 5.41 Å². The molecular formula is C17H20N4OS. The van der Waals surface area contributed by atoms with E-state index in [9.17, 15) is 10.4 Å². The summed E-state index contributed by atoms with van der Waals surface area (Å²) < 4.78 is 2.06. The highest BCUT2D eigenvalue weighted by molar-refractivity contribution is 7.98. The van der Waals surface area contributed by atoms with Gasteiger partial charge in [0.2, 0.25) is 0 Å². The van der Waals surface area contributed by atoms with Crippen molar-refractivity contribution in [3.05, 3.63) is 41.2 Å². The van der Waals surface area contributed by atoms with E-state index in [1.54, 1.807) is 11.8 Å². The Morgan fingerprint density at radius 3 is 2.74 bits per heavy atom. The summed E-state index contributed by atoms with van der Waals surface area (Å²) in [7, 11) is 0. The fourth-order valence-corrected chi connectivity index (χ4v) is 3.70. The van der Waals surface area contributed by atoms with Gasteiger partial charge in [-0.15, -0.1) is 10.2 Å². The van der Waals surface area contributed by atoms with Crippen LogP contribution in [0.1, 0.15) is 49.7 Å². The van der Waals surface area contributed by atoms with Crippen molar-refractivity contribution in [3.8, 4) is 6.07 Å². The zero-order valence-electron chi connectivity index (χ0n) is 13.4. The predicted octanol–water partition coefficient (Wildman–Crippen LogP) is 3.20. The van der Waals surface area contributed by atoms with Crippen molar-refractivity contribution in [3.63, 3.8) is 0 Å². The molecule has 0 amide bonds. The Morgan fingerprint density at radius 2 is 2.09 bits per heavy atom. The van der Waals surface area contributed by atoms with E-state index in [1.807, 2.05) is 32.0 Å². The van der Waals surface area contributed by atoms with Crippen molar-refractivity contribution in [2.75, 3.05) is 0 Å². The van der Waals surface area contributed by atoms with Crippen LogP contribution in [0, 0.1) is 11.3 Å². The van der Waals surface area contributed by atoms with E-state index in [-0.39, 0.29) is 6.61 Å². The van der Waals surface area contributed by atoms with E-state index in [0.717, 1.165) is 34.9 Å². The molecule has 1 saturated carbocycles. The summed E-state index contributed by atoms with van der Waals surface area (Å²) in [5.41, 5.74) is 1.67. The van der Waals surface area contributed by atoms with Gasteiger partial charge in [0, 0.05) is 11.8 Å². The van der Waals surface area contributed by atoms with Crippen molar-refractivity contribution in [2.45, 2.75) is 55.7 Å². The fraction of sp³-hybridized carbons (Fsp3) is 0.471. The molecule has 1 aromatic heterocycles. The monoisotopic (exact) mass is 328 g/mol. The minimum Gasteiger partial charge on any atom is -0.388 e. The smallest absolute Gasteiger partial charge is 0.191 e. The van der Waals surface area contributed by atoms with Crippen LogP contribution in [-0.2, 0) is 17.8 Å². The number of aliphatic hydroxyl groups is 1. The first-order chi connectivity index (χ1) is 11.1. The summed E-state index contributed by atoms with van der Waals surface area (Å²) in [6.45, 7) is 3.79. The first kappa shape index (κ1) is 16.0. The molecule has 23 heavy (non-hydrogen) atoms. The molecule has 1 N–H and O–H groups in total. The van der Waals surface area contributed by atoms with E-state index in [1.165, 1.54) is 0 Å². The molecule has 1 fully saturated rings. The standard InChI is InChI=1S/C17H20N4OS/c1-17(2,11-18)14-6-4-3-5-12(14)10-23-16-20-19-15(9-22)21(16)13-7-8-13/h3-6,13,22H,7-10H2,1-2H3. The van der Waals surface area contributed by atoms with Crippen LogP contribution in [0.2, 0.25) is 0 Å². The van der Waals surface area contributed by atoms with E-state index >= 15 is 0 Å². The average molecular weight is 328 g/mol. The number of aliphatic hydroxyl groups excluding tert-OH is 1. The second kappa shape index (κ2) is 6.34. The third-order valence-electron chi connectivity index (χ3n) is 4.12. The Kier molecular flexibility index (Phi) is 4.42. The maximum Gasteiger partial charge on any atom is 0.191 e. The molecular weight excluding hydrogens is 308 g/mol. The van der Waals surface area contributed by atoms with Gasteiger partial charge >= 0.3 is 0 Å². The molecule has 3 rings (SSSR count). The maximum atomic E-state index is 9.41. The van der Waals surface area contributed by atoms with Crippen LogP contribution in [0.4, 0.5) is 0 Å². The van der Waals surface area contributed by atoms with Gasteiger partial charge in [-0.05, 0) is 37.8 Å². The average Bonchev–Trinajstić information content (AvgIpc) is 3.32. The molecule has 0 spiro atoms. The summed E-state index contributed by atoms with van der Waals surface area (Å²) in [5, 5.41) is 28.0. The molecule has 6 heteroatoms. The van der Waals surface area contributed by atoms with Crippen LogP contribution in [0.3, 0.4) is 0 Å². The molecule has 0 atom stereocenters. The molecule has 120 valence electrons. The van der Waals surface area contributed by atoms with Crippen LogP contribution in [0.15, 0.2) is 29.4 Å². The molecule has 0 radical (unpaired) electrons. The normalized spacial score (nSPS) is 14.7. The lowest BCUT2D eigenvalue weighted by Crippen LogP contribution is -2.16. The third-order valence-corrected chi connectivity index (χ3v) is 5.11. The van der Waals surface area contributed by atoms with Crippen molar-refractivity contribution >= 4 is 11.8 Å². The number of aromatic nitrogens is 3. The SMILES string of the molecule is CC(C)(C#N)c1ccccc1CSc1nnc(CO)n1C1CC1. The first-order valence-electron chi connectivity index (χ1n) is 7.74. The molecule has 1 aromatic carbocycles. The molecule has 1 heterocycles. The summed E-state index contributed by atoms with van der Waals surface area (Å²) in [6.07, 6.45) is 2.24. The quantitative estimate of drug-likeness (QED) is 0.824. The van der Waals surface area contributed by atoms with Crippen LogP contribution in [0.25, 0.3) is 0 Å². The lowest BCUT2D eigenvalue weighted by Gasteiger charge is -2.20. The number of hydrogen-bond acceptors (Lipinski definition) is 5. The summed E-state index contributed by atoms with van der Waals surface area (Å²) in [4.78, 5) is 0. The van der Waals surface area contributed by atoms with Crippen molar-refractivity contribution in [2.24, 2.45) is 0 Å². The van der Waals surface area contributed by atoms with E-state index in [4.69, 9.17) is 0 Å². The second-order valence-electron chi connectivity index (χ2n) is 6.34. The number of thioether (sulfide) groups is 1. The van der Waals surface area contributed by atoms with Gasteiger partial charge in [0.05, 0.1) is 11.5 Å². The highest BCUT2D eigenvalue weighted by atomic mass is 32.2. The largest absolute Gasteiger partial charge is 0.388 e. The van der Waals surface area contributed by atoms with Crippen LogP contribution >= 0.6 is 11.8 Å². The highest BCUT2D eigenvalue weighted by Gasteiger charge is 2.29. The van der Waals surface area contributed by atoms with Gasteiger partial charge in [-0.2, -0.15) is 5.26 Å². The molecule has 0 unspecified atom stereocenters. The molecule has 0 saturated heterocycles. The van der Waals surface area contributed by atoms with Gasteiger partial charge in [0.25, 0.3) is 0 Å². The Balaban J connectivity index is 1.83. The van der Waals surface area contributed by atoms with E-state index in [2.05, 4.69) is 26.9 Å². The number of hydrogen-bond donors (Lipinski definition) is 1. The van der Waals surface area contributed by atoms with Gasteiger partial charge in [-0.1, -0.05) is 36.0 Å². The molecule has 1 aliphatic carbocycles. The Hall–Kier alpha value is -1.84. The number of nitrogens with zero attached hydrogens (tertiary/aromatic N) is 4. The van der Waals surface area contributed by atoms with Crippen molar-refractivity contribution < 1.29 is 5.11 Å². The second-order valence-corrected chi connectivity index (χ2v) is 7.28. The Morgan fingerprint density at radius 1 is 1.35 bits per heavy atom. The van der Waals surface area contributed by atoms with Gasteiger partial charge in [-0.3, -0.25) is 0 Å². The maximum absolute atomic E-state index is 9.41. The molecule has 0 aliphatic heterocycles. The van der Waals surface area contributed by atoms with Gasteiger partial charge < -0.3 is 9.67 Å². The summed E-state index contributed by atoms with van der Waals surface area (Å²) >= 11 is 1.61. The zero-order chi connectivity index (χ0) is 16.4. The van der Waals surface area contributed by atoms with Gasteiger partial charge in [0.15, 0.2) is 11.0 Å². The molecule has 0 bridgehead atoms. The minimum atomic E-state index is -0.516. The summed E-state index contributed by atoms with van der Waals surface area (Å²) in [5.74, 6) is 1.37. The van der Waals surface area contributed by atoms with Crippen LogP contribution in [0.5, 0.6) is 0 Å². The van der Waals surface area contributed by atoms with Crippen molar-refractivity contribution in [1.82, 2.24) is 14.8 Å². The topological polar surface area (TPSA) is 74.7 Å². The molecule has 5 nitrogen and oxygen atoms in total. The van der Waals surface area contributed by atoms with Crippen molar-refractivity contribution in [1.29, 1.82) is 5.26 Å². The number of nitriles is 1. The predicted molar refractivity (Wildman–Crippen MR) is 88.9 cm³/mol. The van der Waals surface area contributed by atoms with Crippen LogP contribution in [-0.4, -0.2) is 19.9 Å². The Labute approximate surface area is 140 Å². The Bertz CT molecular complexity index is 743. The highest BCUT2D eigenvalue weighted by Crippen LogP contribution is 2.39. The minimum absolute atomic E-state index is 0.0812. The first-order valence-corrected chi connectivity index (χ1v) is 8.72. The third kappa shape index (κ3) is 3.26. The number of benzene rings is 1. The zero-order valence-corrected chi connectivity index (χ0v) is 14.2. The lowest BCUT2D eigenvalue weighted by atomic mass is 9.84. The fourth-order valence-electron chi connectivity index (χ4n) is 2.67. The van der Waals surface area contributed by atoms with E-state index in [0.29, 0.717) is 11.9 Å². The molecule has 2 aromatic rings. The van der Waals surface area contributed by atoms with Gasteiger partial charge in [-0.25, -0.2) is 0 Å². The number of rotatable bonds is 6. The molecule has 1 aliphatic rings. The summed E-state index contributed by atoms with van der Waals surface area (Å²) in [6, 6.07) is 10.9. The van der Waals surface area contributed by atoms with Gasteiger partial charge in [0.1, 0.15) is 6.61 Å². The lowest BCUT2D eigenvalue weighted by molar-refractivity contribution is 0.263. The van der Waals surface area contributed by atoms with Crippen LogP contribution < -0.4 is 0 Å².